The van der Waals surface area contributed by atoms with Gasteiger partial charge in [0.15, 0.2) is 25.0 Å². The highest BCUT2D eigenvalue weighted by atomic mass is 28.4. The van der Waals surface area contributed by atoms with Gasteiger partial charge >= 0.3 is 5.97 Å². The van der Waals surface area contributed by atoms with E-state index in [1.165, 1.54) is 7.11 Å². The molecule has 0 aromatic carbocycles. The van der Waals surface area contributed by atoms with Crippen molar-refractivity contribution < 1.29 is 41.8 Å². The lowest BCUT2D eigenvalue weighted by Crippen LogP contribution is -2.49. The lowest BCUT2D eigenvalue weighted by Gasteiger charge is -2.42. The zero-order chi connectivity index (χ0) is 45.4. The van der Waals surface area contributed by atoms with E-state index in [4.69, 9.17) is 37.0 Å². The summed E-state index contributed by atoms with van der Waals surface area (Å²) in [6, 6.07) is 3.32. The van der Waals surface area contributed by atoms with Crippen LogP contribution in [0.25, 0.3) is 0 Å². The Morgan fingerprint density at radius 2 is 1.48 bits per heavy atom. The highest BCUT2D eigenvalue weighted by Gasteiger charge is 2.50. The van der Waals surface area contributed by atoms with Crippen molar-refractivity contribution in [3.05, 3.63) is 37.0 Å². The second-order valence-electron chi connectivity index (χ2n) is 21.4. The van der Waals surface area contributed by atoms with Crippen LogP contribution in [0.15, 0.2) is 37.0 Å². The summed E-state index contributed by atoms with van der Waals surface area (Å²) in [5.74, 6) is -0.217. The van der Waals surface area contributed by atoms with Crippen LogP contribution in [0.3, 0.4) is 0 Å². The summed E-state index contributed by atoms with van der Waals surface area (Å²) < 4.78 is 53.1. The van der Waals surface area contributed by atoms with Gasteiger partial charge in [-0.3, -0.25) is 4.79 Å². The van der Waals surface area contributed by atoms with Crippen LogP contribution in [-0.2, 0) is 41.8 Å². The van der Waals surface area contributed by atoms with E-state index in [0.29, 0.717) is 19.4 Å². The van der Waals surface area contributed by atoms with Crippen molar-refractivity contribution in [1.82, 2.24) is 0 Å². The summed E-state index contributed by atoms with van der Waals surface area (Å²) in [4.78, 5) is 13.0. The first kappa shape index (κ1) is 53.4. The van der Waals surface area contributed by atoms with Gasteiger partial charge in [-0.2, -0.15) is 0 Å². The average Bonchev–Trinajstić information content (AvgIpc) is 3.70. The molecule has 0 aliphatic carbocycles. The maximum Gasteiger partial charge on any atom is 0.305 e. The number of ether oxygens (including phenoxy) is 5. The first-order chi connectivity index (χ1) is 27.8. The molecule has 3 rings (SSSR count). The molecule has 0 saturated carbocycles. The molecule has 0 bridgehead atoms. The van der Waals surface area contributed by atoms with Gasteiger partial charge < -0.3 is 37.0 Å². The van der Waals surface area contributed by atoms with Crippen molar-refractivity contribution in [2.24, 2.45) is 11.8 Å². The maximum atomic E-state index is 13.0. The molecule has 0 amide bonds. The molecule has 3 fully saturated rings. The molecule has 60 heavy (non-hydrogen) atoms. The maximum absolute atomic E-state index is 13.0. The van der Waals surface area contributed by atoms with Crippen LogP contribution in [-0.4, -0.2) is 107 Å². The number of methoxy groups -OCH3 is 2. The molecule has 0 N–H and O–H groups in total. The van der Waals surface area contributed by atoms with Gasteiger partial charge in [0.2, 0.25) is 0 Å². The number of carbonyl (C=O) groups excluding carboxylic acids is 1. The molecule has 12 heteroatoms. The summed E-state index contributed by atoms with van der Waals surface area (Å²) in [6.07, 6.45) is 6.23. The fourth-order valence-corrected chi connectivity index (χ4v) is 14.1. The minimum Gasteiger partial charge on any atom is -0.469 e. The number of hydrogen-bond acceptors (Lipinski definition) is 9. The largest absolute Gasteiger partial charge is 0.469 e. The van der Waals surface area contributed by atoms with Gasteiger partial charge in [-0.05, 0) is 104 Å². The molecule has 348 valence electrons. The predicted octanol–water partition coefficient (Wildman–Crippen LogP) is 12.0. The molecule has 11 atom stereocenters. The summed E-state index contributed by atoms with van der Waals surface area (Å²) in [5, 5.41) is 0.0898. The van der Waals surface area contributed by atoms with E-state index >= 15 is 0 Å². The van der Waals surface area contributed by atoms with Crippen LogP contribution in [0, 0.1) is 11.8 Å². The number of esters is 1. The second-order valence-corrected chi connectivity index (χ2v) is 35.7. The highest BCUT2D eigenvalue weighted by Crippen LogP contribution is 2.44. The van der Waals surface area contributed by atoms with Crippen LogP contribution in [0.1, 0.15) is 121 Å². The molecular formula is C48H90O9Si3. The Balaban J connectivity index is 1.79. The van der Waals surface area contributed by atoms with E-state index in [1.54, 1.807) is 7.11 Å². The third kappa shape index (κ3) is 13.8. The molecule has 0 aromatic rings. The van der Waals surface area contributed by atoms with Gasteiger partial charge in [0.1, 0.15) is 0 Å². The highest BCUT2D eigenvalue weighted by molar-refractivity contribution is 6.75. The van der Waals surface area contributed by atoms with Crippen molar-refractivity contribution in [1.29, 1.82) is 0 Å². The number of carbonyl (C=O) groups is 1. The molecule has 3 aliphatic rings. The quantitative estimate of drug-likeness (QED) is 0.0565. The van der Waals surface area contributed by atoms with Gasteiger partial charge in [-0.25, -0.2) is 0 Å². The molecule has 3 heterocycles. The molecule has 2 unspecified atom stereocenters. The van der Waals surface area contributed by atoms with Crippen LogP contribution in [0.4, 0.5) is 0 Å². The number of rotatable bonds is 23. The third-order valence-electron chi connectivity index (χ3n) is 15.3. The van der Waals surface area contributed by atoms with E-state index in [1.807, 2.05) is 6.08 Å². The molecule has 3 aliphatic heterocycles. The Kier molecular flexibility index (Phi) is 19.9. The molecule has 0 aromatic heterocycles. The zero-order valence-corrected chi connectivity index (χ0v) is 44.2. The van der Waals surface area contributed by atoms with E-state index < -0.39 is 25.0 Å². The van der Waals surface area contributed by atoms with Gasteiger partial charge in [0, 0.05) is 25.9 Å². The van der Waals surface area contributed by atoms with Crippen molar-refractivity contribution in [2.45, 2.75) is 230 Å². The fraction of sp³-hybridized carbons (Fsp3) is 0.854. The van der Waals surface area contributed by atoms with Crippen LogP contribution >= 0.6 is 0 Å². The first-order valence-corrected chi connectivity index (χ1v) is 31.7. The van der Waals surface area contributed by atoms with E-state index in [2.05, 4.69) is 115 Å². The Morgan fingerprint density at radius 1 is 0.867 bits per heavy atom. The van der Waals surface area contributed by atoms with Crippen molar-refractivity contribution in [2.75, 3.05) is 20.8 Å². The summed E-state index contributed by atoms with van der Waals surface area (Å²) in [7, 11) is -2.90. The Hall–Kier alpha value is -0.939. The minimum atomic E-state index is -2.18. The monoisotopic (exact) mass is 895 g/mol. The third-order valence-corrected chi connectivity index (χ3v) is 29.0. The Bertz CT molecular complexity index is 1390. The van der Waals surface area contributed by atoms with Crippen molar-refractivity contribution in [3.63, 3.8) is 0 Å². The van der Waals surface area contributed by atoms with Crippen LogP contribution in [0.2, 0.25) is 54.4 Å². The molecule has 3 saturated heterocycles. The predicted molar refractivity (Wildman–Crippen MR) is 254 cm³/mol. The SMILES string of the molecule is C=CCC(O[Si](CC)(CC)CC)[C@@H]1CC(=C)[C@H](CC[C@H]2C[C@@H](C)C(=C)[C@@H](C[C@@H]3O[C@H](CC(CO[Si](C)(C)C(C)(C)C)O[Si](C)(C)C(C)(C)C)[C@H](OC)[C@H]3CC(=O)OC)O2)O1. The second kappa shape index (κ2) is 22.3. The standard InChI is InChI=1S/C48H90O9Si3/c1-20-24-40(57-60(21-2,22-3)23-4)43-28-34(6)39(54-43)26-25-36-27-33(5)35(7)41(53-36)31-42-38(30-45(49)50-14)46(51-15)44(55-42)29-37(56-59(18,19)48(11,12)13)32-52-58(16,17)47(8,9)10/h20,33,36-44,46H,1,6-7,21-32H2,2-5,8-19H3/t33-,36+,37?,38+,39+,40?,41-,42+,43+,44-,46-/m1/s1. The lowest BCUT2D eigenvalue weighted by atomic mass is 9.82. The summed E-state index contributed by atoms with van der Waals surface area (Å²) >= 11 is 0. The Labute approximate surface area is 370 Å². The van der Waals surface area contributed by atoms with Crippen LogP contribution < -0.4 is 0 Å². The average molecular weight is 895 g/mol. The smallest absolute Gasteiger partial charge is 0.305 e. The zero-order valence-electron chi connectivity index (χ0n) is 41.2. The van der Waals surface area contributed by atoms with E-state index in [-0.39, 0.29) is 89.2 Å². The summed E-state index contributed by atoms with van der Waals surface area (Å²) in [5.41, 5.74) is 2.22. The molecule has 0 radical (unpaired) electrons. The fourth-order valence-electron chi connectivity index (χ4n) is 8.86. The van der Waals surface area contributed by atoms with Crippen molar-refractivity contribution >= 4 is 30.9 Å². The molecule has 0 spiro atoms. The van der Waals surface area contributed by atoms with Gasteiger partial charge in [-0.1, -0.05) is 88.5 Å². The number of hydrogen-bond donors (Lipinski definition) is 0. The van der Waals surface area contributed by atoms with Crippen LogP contribution in [0.5, 0.6) is 0 Å². The Morgan fingerprint density at radius 3 is 2.02 bits per heavy atom. The van der Waals surface area contributed by atoms with E-state index in [9.17, 15) is 4.79 Å². The van der Waals surface area contributed by atoms with Gasteiger partial charge in [-0.15, -0.1) is 6.58 Å². The molecular weight excluding hydrogens is 805 g/mol. The van der Waals surface area contributed by atoms with Gasteiger partial charge in [0.05, 0.1) is 75.1 Å². The van der Waals surface area contributed by atoms with Gasteiger partial charge in [0.25, 0.3) is 0 Å². The normalized spacial score (nSPS) is 29.5. The summed E-state index contributed by atoms with van der Waals surface area (Å²) in [6.45, 7) is 45.4. The first-order valence-electron chi connectivity index (χ1n) is 23.3. The lowest BCUT2D eigenvalue weighted by molar-refractivity contribution is -0.143. The minimum absolute atomic E-state index is 0.00539. The van der Waals surface area contributed by atoms with Crippen molar-refractivity contribution in [3.8, 4) is 0 Å². The molecule has 9 nitrogen and oxygen atoms in total. The van der Waals surface area contributed by atoms with E-state index in [0.717, 1.165) is 61.4 Å². The topological polar surface area (TPSA) is 90.9 Å².